The summed E-state index contributed by atoms with van der Waals surface area (Å²) in [5, 5.41) is 0. The van der Waals surface area contributed by atoms with Crippen LogP contribution in [0.25, 0.3) is 0 Å². The second-order valence-electron chi connectivity index (χ2n) is 4.22. The van der Waals surface area contributed by atoms with E-state index in [1.54, 1.807) is 4.90 Å². The first-order valence-corrected chi connectivity index (χ1v) is 8.10. The van der Waals surface area contributed by atoms with Gasteiger partial charge in [0.25, 0.3) is 3.12 Å². The molecule has 0 bridgehead atoms. The van der Waals surface area contributed by atoms with Crippen LogP contribution in [0.1, 0.15) is 13.8 Å². The van der Waals surface area contributed by atoms with Gasteiger partial charge in [-0.05, 0) is 38.1 Å². The van der Waals surface area contributed by atoms with Gasteiger partial charge in [-0.1, -0.05) is 34.8 Å². The number of hydrazine groups is 1. The van der Waals surface area contributed by atoms with Crippen molar-refractivity contribution in [2.75, 3.05) is 11.5 Å². The van der Waals surface area contributed by atoms with Gasteiger partial charge in [-0.15, -0.1) is 0 Å². The van der Waals surface area contributed by atoms with Crippen LogP contribution in [-0.2, 0) is 0 Å². The second kappa shape index (κ2) is 6.71. The zero-order valence-electron chi connectivity index (χ0n) is 11.3. The Hall–Kier alpha value is -0.530. The number of hydrogen-bond donors (Lipinski definition) is 1. The van der Waals surface area contributed by atoms with Gasteiger partial charge >= 0.3 is 6.03 Å². The minimum Gasteiger partial charge on any atom is -0.494 e. The molecular weight excluding hydrogens is 357 g/mol. The van der Waals surface area contributed by atoms with Crippen molar-refractivity contribution in [3.8, 4) is 5.75 Å². The minimum atomic E-state index is -1.61. The molecule has 1 aromatic carbocycles. The van der Waals surface area contributed by atoms with Gasteiger partial charge in [0.15, 0.2) is 0 Å². The summed E-state index contributed by atoms with van der Waals surface area (Å²) in [6.07, 6.45) is -0.254. The Morgan fingerprint density at radius 3 is 2.48 bits per heavy atom. The number of hydrogen-bond acceptors (Lipinski definition) is 4. The summed E-state index contributed by atoms with van der Waals surface area (Å²) in [5.74, 6) is 0.751. The topological polar surface area (TPSA) is 44.8 Å². The smallest absolute Gasteiger partial charge is 0.350 e. The van der Waals surface area contributed by atoms with Crippen LogP contribution in [0.15, 0.2) is 24.3 Å². The molecule has 0 saturated carbocycles. The summed E-state index contributed by atoms with van der Waals surface area (Å²) >= 11 is 17.9. The zero-order chi connectivity index (χ0) is 15.6. The number of halogens is 3. The largest absolute Gasteiger partial charge is 0.494 e. The molecule has 1 fully saturated rings. The van der Waals surface area contributed by atoms with Crippen molar-refractivity contribution in [3.63, 3.8) is 0 Å². The summed E-state index contributed by atoms with van der Waals surface area (Å²) in [6, 6.07) is 6.94. The SMILES string of the molecule is CCOc1ccc(N2C(=O)N(SC(Cl)(Cl)Cl)NC2C)cc1. The number of nitrogens with zero attached hydrogens (tertiary/aromatic N) is 2. The van der Waals surface area contributed by atoms with Crippen molar-refractivity contribution in [1.29, 1.82) is 0 Å². The lowest BCUT2D eigenvalue weighted by Crippen LogP contribution is -2.34. The number of amides is 2. The highest BCUT2D eigenvalue weighted by atomic mass is 35.6. The molecular formula is C12H14Cl3N3O2S. The van der Waals surface area contributed by atoms with E-state index < -0.39 is 3.12 Å². The van der Waals surface area contributed by atoms with Crippen LogP contribution in [0.3, 0.4) is 0 Å². The molecule has 0 aromatic heterocycles. The van der Waals surface area contributed by atoms with Crippen LogP contribution in [-0.4, -0.2) is 26.3 Å². The van der Waals surface area contributed by atoms with Crippen molar-refractivity contribution in [2.24, 2.45) is 0 Å². The van der Waals surface area contributed by atoms with Crippen molar-refractivity contribution < 1.29 is 9.53 Å². The fraction of sp³-hybridized carbons (Fsp3) is 0.417. The average molecular weight is 371 g/mol. The number of benzene rings is 1. The lowest BCUT2D eigenvalue weighted by molar-refractivity contribution is 0.236. The highest BCUT2D eigenvalue weighted by molar-refractivity contribution is 8.03. The van der Waals surface area contributed by atoms with E-state index in [1.807, 2.05) is 38.1 Å². The maximum atomic E-state index is 12.4. The summed E-state index contributed by atoms with van der Waals surface area (Å²) in [4.78, 5) is 13.9. The average Bonchev–Trinajstić information content (AvgIpc) is 2.64. The van der Waals surface area contributed by atoms with E-state index in [4.69, 9.17) is 39.5 Å². The molecule has 1 atom stereocenters. The van der Waals surface area contributed by atoms with E-state index in [2.05, 4.69) is 5.43 Å². The minimum absolute atomic E-state index is 0.254. The van der Waals surface area contributed by atoms with Crippen molar-refractivity contribution in [1.82, 2.24) is 9.84 Å². The molecule has 0 radical (unpaired) electrons. The molecule has 116 valence electrons. The first kappa shape index (κ1) is 16.8. The van der Waals surface area contributed by atoms with Crippen LogP contribution in [0, 0.1) is 0 Å². The number of alkyl halides is 3. The monoisotopic (exact) mass is 369 g/mol. The Kier molecular flexibility index (Phi) is 5.38. The molecule has 0 aliphatic carbocycles. The van der Waals surface area contributed by atoms with Crippen LogP contribution in [0.5, 0.6) is 5.75 Å². The number of anilines is 1. The van der Waals surface area contributed by atoms with Crippen molar-refractivity contribution in [3.05, 3.63) is 24.3 Å². The Morgan fingerprint density at radius 2 is 1.95 bits per heavy atom. The number of carbonyl (C=O) groups excluding carboxylic acids is 1. The summed E-state index contributed by atoms with van der Waals surface area (Å²) in [5.41, 5.74) is 3.67. The summed E-state index contributed by atoms with van der Waals surface area (Å²) < 4.78 is 4.98. The second-order valence-corrected chi connectivity index (χ2v) is 8.33. The Bertz CT molecular complexity index is 509. The van der Waals surface area contributed by atoms with E-state index in [-0.39, 0.29) is 12.2 Å². The number of rotatable bonds is 4. The van der Waals surface area contributed by atoms with Gasteiger partial charge in [0.1, 0.15) is 11.9 Å². The first-order valence-electron chi connectivity index (χ1n) is 6.20. The standard InChI is InChI=1S/C12H14Cl3N3O2S/c1-3-20-10-6-4-9(5-7-10)17-8(2)16-18(11(17)19)21-12(13,14)15/h4-8,16H,3H2,1-2H3. The number of carbonyl (C=O) groups is 1. The fourth-order valence-electron chi connectivity index (χ4n) is 1.92. The van der Waals surface area contributed by atoms with Crippen molar-refractivity contribution >= 4 is 58.5 Å². The molecule has 1 aliphatic rings. The Labute approximate surface area is 142 Å². The van der Waals surface area contributed by atoms with E-state index >= 15 is 0 Å². The van der Waals surface area contributed by atoms with Gasteiger partial charge < -0.3 is 4.74 Å². The zero-order valence-corrected chi connectivity index (χ0v) is 14.4. The molecule has 5 nitrogen and oxygen atoms in total. The predicted molar refractivity (Wildman–Crippen MR) is 87.8 cm³/mol. The van der Waals surface area contributed by atoms with Crippen molar-refractivity contribution in [2.45, 2.75) is 23.1 Å². The maximum Gasteiger partial charge on any atom is 0.350 e. The first-order chi connectivity index (χ1) is 9.81. The van der Waals surface area contributed by atoms with Crippen LogP contribution < -0.4 is 15.1 Å². The van der Waals surface area contributed by atoms with Gasteiger partial charge in [0.05, 0.1) is 6.61 Å². The van der Waals surface area contributed by atoms with E-state index in [0.717, 1.165) is 23.4 Å². The molecule has 1 saturated heterocycles. The van der Waals surface area contributed by atoms with Gasteiger partial charge in [-0.25, -0.2) is 4.79 Å². The highest BCUT2D eigenvalue weighted by Gasteiger charge is 2.40. The highest BCUT2D eigenvalue weighted by Crippen LogP contribution is 2.42. The normalized spacial score (nSPS) is 19.3. The van der Waals surface area contributed by atoms with Gasteiger partial charge in [0, 0.05) is 17.6 Å². The molecule has 1 N–H and O–H groups in total. The van der Waals surface area contributed by atoms with Gasteiger partial charge in [-0.2, -0.15) is 9.84 Å². The Balaban J connectivity index is 2.14. The molecule has 2 amide bonds. The summed E-state index contributed by atoms with van der Waals surface area (Å²) in [6.45, 7) is 4.34. The Morgan fingerprint density at radius 1 is 1.33 bits per heavy atom. The predicted octanol–water partition coefficient (Wildman–Crippen LogP) is 4.15. The molecule has 1 heterocycles. The molecule has 1 aromatic rings. The van der Waals surface area contributed by atoms with Gasteiger partial charge in [0.2, 0.25) is 0 Å². The van der Waals surface area contributed by atoms with E-state index in [0.29, 0.717) is 6.61 Å². The number of urea groups is 1. The fourth-order valence-corrected chi connectivity index (χ4v) is 3.12. The summed E-state index contributed by atoms with van der Waals surface area (Å²) in [7, 11) is 0. The third-order valence-electron chi connectivity index (χ3n) is 2.69. The third kappa shape index (κ3) is 4.23. The molecule has 21 heavy (non-hydrogen) atoms. The molecule has 2 rings (SSSR count). The number of ether oxygens (including phenoxy) is 1. The van der Waals surface area contributed by atoms with E-state index in [9.17, 15) is 4.79 Å². The lowest BCUT2D eigenvalue weighted by Gasteiger charge is -2.20. The molecule has 0 spiro atoms. The van der Waals surface area contributed by atoms with Crippen LogP contribution in [0.2, 0.25) is 0 Å². The van der Waals surface area contributed by atoms with Crippen LogP contribution in [0.4, 0.5) is 10.5 Å². The van der Waals surface area contributed by atoms with Gasteiger partial charge in [-0.3, -0.25) is 4.90 Å². The molecule has 1 unspecified atom stereocenters. The van der Waals surface area contributed by atoms with E-state index in [1.165, 1.54) is 4.41 Å². The lowest BCUT2D eigenvalue weighted by atomic mass is 10.2. The third-order valence-corrected chi connectivity index (χ3v) is 3.96. The number of nitrogens with one attached hydrogen (secondary N) is 1. The molecule has 1 aliphatic heterocycles. The maximum absolute atomic E-state index is 12.4. The quantitative estimate of drug-likeness (QED) is 0.638. The molecule has 9 heteroatoms. The van der Waals surface area contributed by atoms with Crippen LogP contribution >= 0.6 is 46.8 Å².